The molecule has 103 valence electrons. The van der Waals surface area contributed by atoms with E-state index in [1.54, 1.807) is 14.2 Å². The third-order valence-electron chi connectivity index (χ3n) is 2.13. The Morgan fingerprint density at radius 1 is 1.47 bits per heavy atom. The Morgan fingerprint density at radius 2 is 2.00 bits per heavy atom. The van der Waals surface area contributed by atoms with Gasteiger partial charge >= 0.3 is 14.6 Å². The number of rotatable bonds is 7. The zero-order valence-electron chi connectivity index (χ0n) is 11.0. The third kappa shape index (κ3) is 13.7. The summed E-state index contributed by atoms with van der Waals surface area (Å²) in [6, 6.07) is 0.549. The highest BCUT2D eigenvalue weighted by molar-refractivity contribution is 7.80. The van der Waals surface area contributed by atoms with Crippen LogP contribution in [0.15, 0.2) is 0 Å². The Balaban J connectivity index is 0. The van der Waals surface area contributed by atoms with Crippen LogP contribution in [0.4, 0.5) is 4.79 Å². The van der Waals surface area contributed by atoms with Gasteiger partial charge in [0.25, 0.3) is 0 Å². The van der Waals surface area contributed by atoms with Crippen LogP contribution in [0.25, 0.3) is 0 Å². The van der Waals surface area contributed by atoms with Crippen molar-refractivity contribution in [1.29, 1.82) is 0 Å². The fourth-order valence-electron chi connectivity index (χ4n) is 0.899. The van der Waals surface area contributed by atoms with Gasteiger partial charge in [0, 0.05) is 20.8 Å². The number of urea groups is 1. The number of hydrogen-bond acceptors (Lipinski definition) is 4. The third-order valence-corrected chi connectivity index (χ3v) is 5.43. The van der Waals surface area contributed by atoms with E-state index in [2.05, 4.69) is 31.4 Å². The van der Waals surface area contributed by atoms with E-state index in [0.717, 1.165) is 18.2 Å². The number of carbonyl (C=O) groups is 1. The fourth-order valence-corrected chi connectivity index (χ4v) is 2.75. The van der Waals surface area contributed by atoms with E-state index in [1.165, 1.54) is 0 Å². The van der Waals surface area contributed by atoms with E-state index in [-0.39, 0.29) is 0 Å². The average molecular weight is 281 g/mol. The van der Waals surface area contributed by atoms with Gasteiger partial charge in [-0.3, -0.25) is 0 Å². The lowest BCUT2D eigenvalue weighted by atomic mass is 10.5. The van der Waals surface area contributed by atoms with Crippen molar-refractivity contribution in [3.8, 4) is 0 Å². The van der Waals surface area contributed by atoms with Gasteiger partial charge in [-0.05, 0) is 31.2 Å². The van der Waals surface area contributed by atoms with Crippen LogP contribution in [0.5, 0.6) is 0 Å². The molecule has 0 aliphatic rings. The zero-order chi connectivity index (χ0) is 13.7. The molecule has 3 N–H and O–H groups in total. The molecule has 0 aromatic rings. The number of carbonyl (C=O) groups excluding carboxylic acids is 1. The number of hydrogen-bond donors (Lipinski definition) is 3. The van der Waals surface area contributed by atoms with Gasteiger partial charge in [0.1, 0.15) is 0 Å². The van der Waals surface area contributed by atoms with E-state index < -0.39 is 14.6 Å². The molecule has 0 heterocycles. The maximum atomic E-state index is 9.84. The van der Waals surface area contributed by atoms with Crippen LogP contribution in [0.1, 0.15) is 12.8 Å². The minimum absolute atomic E-state index is 0.483. The lowest BCUT2D eigenvalue weighted by Crippen LogP contribution is -2.35. The molecule has 0 saturated heterocycles. The maximum Gasteiger partial charge on any atom is 0.334 e. The van der Waals surface area contributed by atoms with Crippen LogP contribution in [-0.2, 0) is 8.85 Å². The van der Waals surface area contributed by atoms with Gasteiger partial charge in [-0.15, -0.1) is 0 Å². The van der Waals surface area contributed by atoms with E-state index >= 15 is 0 Å². The number of thiol groups is 1. The number of primary amides is 1. The minimum atomic E-state index is -1.77. The molecule has 0 aromatic heterocycles. The predicted molar refractivity (Wildman–Crippen MR) is 76.5 cm³/mol. The van der Waals surface area contributed by atoms with Crippen LogP contribution in [0.2, 0.25) is 12.6 Å². The van der Waals surface area contributed by atoms with Crippen molar-refractivity contribution in [2.24, 2.45) is 5.73 Å². The van der Waals surface area contributed by atoms with Crippen molar-refractivity contribution in [3.05, 3.63) is 6.92 Å². The van der Waals surface area contributed by atoms with E-state index in [1.807, 2.05) is 0 Å². The van der Waals surface area contributed by atoms with Crippen molar-refractivity contribution >= 4 is 27.2 Å². The molecule has 1 radical (unpaired) electrons. The van der Waals surface area contributed by atoms with Crippen LogP contribution in [-0.4, -0.2) is 41.1 Å². The number of amides is 2. The molecule has 7 heteroatoms. The summed E-state index contributed by atoms with van der Waals surface area (Å²) in [5, 5.41) is 2.37. The molecule has 0 rings (SSSR count). The molecule has 0 aliphatic carbocycles. The predicted octanol–water partition coefficient (Wildman–Crippen LogP) is 1.55. The summed E-state index contributed by atoms with van der Waals surface area (Å²) in [5.41, 5.74) is 4.70. The van der Waals surface area contributed by atoms with Gasteiger partial charge in [0.15, 0.2) is 0 Å². The average Bonchev–Trinajstić information content (AvgIpc) is 2.34. The smallest absolute Gasteiger partial charge is 0.334 e. The van der Waals surface area contributed by atoms with Gasteiger partial charge in [0.2, 0.25) is 0 Å². The largest absolute Gasteiger partial charge is 0.398 e. The molecule has 0 bridgehead atoms. The Labute approximate surface area is 111 Å². The maximum absolute atomic E-state index is 9.84. The van der Waals surface area contributed by atoms with Crippen LogP contribution >= 0.6 is 12.6 Å². The molecule has 0 aliphatic heterocycles. The minimum Gasteiger partial charge on any atom is -0.398 e. The van der Waals surface area contributed by atoms with Crippen molar-refractivity contribution in [2.75, 3.05) is 26.5 Å². The molecule has 0 saturated carbocycles. The van der Waals surface area contributed by atoms with Crippen LogP contribution in [0, 0.1) is 6.92 Å². The van der Waals surface area contributed by atoms with E-state index in [4.69, 9.17) is 14.6 Å². The highest BCUT2D eigenvalue weighted by Crippen LogP contribution is 2.13. The Hall–Kier alpha value is -0.243. The van der Waals surface area contributed by atoms with Crippen molar-refractivity contribution in [2.45, 2.75) is 25.4 Å². The van der Waals surface area contributed by atoms with Crippen LogP contribution in [0.3, 0.4) is 0 Å². The highest BCUT2D eigenvalue weighted by atomic mass is 32.1. The Morgan fingerprint density at radius 3 is 2.24 bits per heavy atom. The SMILES string of the molecule is CO[Si](C)(CCCS)OC.[CH2]CCNC(N)=O. The van der Waals surface area contributed by atoms with Crippen LogP contribution < -0.4 is 11.1 Å². The van der Waals surface area contributed by atoms with Gasteiger partial charge in [0.05, 0.1) is 0 Å². The molecule has 2 amide bonds. The molecule has 17 heavy (non-hydrogen) atoms. The Bertz CT molecular complexity index is 192. The van der Waals surface area contributed by atoms with Gasteiger partial charge in [-0.1, -0.05) is 6.92 Å². The summed E-state index contributed by atoms with van der Waals surface area (Å²) in [5.74, 6) is 0.912. The first-order chi connectivity index (χ1) is 7.95. The zero-order valence-corrected chi connectivity index (χ0v) is 12.9. The topological polar surface area (TPSA) is 73.6 Å². The summed E-state index contributed by atoms with van der Waals surface area (Å²) < 4.78 is 10.5. The molecule has 0 aromatic carbocycles. The summed E-state index contributed by atoms with van der Waals surface area (Å²) in [7, 11) is 1.67. The van der Waals surface area contributed by atoms with Gasteiger partial charge in [-0.2, -0.15) is 12.6 Å². The number of nitrogens with one attached hydrogen (secondary N) is 1. The van der Waals surface area contributed by atoms with Gasteiger partial charge in [-0.25, -0.2) is 4.79 Å². The normalized spacial score (nSPS) is 10.4. The van der Waals surface area contributed by atoms with Crippen molar-refractivity contribution in [1.82, 2.24) is 5.32 Å². The molecule has 5 nitrogen and oxygen atoms in total. The van der Waals surface area contributed by atoms with E-state index in [0.29, 0.717) is 13.0 Å². The monoisotopic (exact) mass is 281 g/mol. The standard InChI is InChI=1S/C6H16O2SSi.C4H9N2O/c1-7-10(3,8-2)6-4-5-9;1-2-3-6-4(5)7/h9H,4-6H2,1-3H3;1-3H2,(H3,5,6,7). The fraction of sp³-hybridized carbons (Fsp3) is 0.800. The first kappa shape index (κ1) is 19.1. The number of nitrogens with two attached hydrogens (primary N) is 1. The molecule has 0 spiro atoms. The summed E-state index contributed by atoms with van der Waals surface area (Å²) >= 11 is 4.12. The molecular weight excluding hydrogens is 256 g/mol. The summed E-state index contributed by atoms with van der Waals surface area (Å²) in [4.78, 5) is 9.84. The highest BCUT2D eigenvalue weighted by Gasteiger charge is 2.27. The molecule has 0 fully saturated rings. The second-order valence-corrected chi connectivity index (χ2v) is 7.55. The second kappa shape index (κ2) is 12.2. The van der Waals surface area contributed by atoms with Crippen molar-refractivity contribution in [3.63, 3.8) is 0 Å². The summed E-state index contributed by atoms with van der Waals surface area (Å²) in [6.07, 6.45) is 1.76. The second-order valence-electron chi connectivity index (χ2n) is 3.51. The molecule has 0 unspecified atom stereocenters. The lowest BCUT2D eigenvalue weighted by Gasteiger charge is -2.21. The summed E-state index contributed by atoms with van der Waals surface area (Å²) in [6.45, 7) is 6.12. The quantitative estimate of drug-likeness (QED) is 0.490. The van der Waals surface area contributed by atoms with Gasteiger partial charge < -0.3 is 19.9 Å². The molecular formula is C10H25N2O3SSi. The first-order valence-electron chi connectivity index (χ1n) is 5.49. The van der Waals surface area contributed by atoms with E-state index in [9.17, 15) is 4.79 Å². The lowest BCUT2D eigenvalue weighted by molar-refractivity contribution is 0.248. The first-order valence-corrected chi connectivity index (χ1v) is 8.65. The molecule has 0 atom stereocenters. The Kier molecular flexibility index (Phi) is 13.7. The van der Waals surface area contributed by atoms with Crippen molar-refractivity contribution < 1.29 is 13.6 Å².